The molecule has 6 heterocycles. The summed E-state index contributed by atoms with van der Waals surface area (Å²) in [5, 5.41) is 6.08. The molecule has 2 aromatic carbocycles. The van der Waals surface area contributed by atoms with E-state index in [9.17, 15) is 23.7 Å². The van der Waals surface area contributed by atoms with E-state index in [0.29, 0.717) is 60.5 Å². The number of amides is 3. The molecular formula is C44H52FN6O8PS. The molecule has 2 N–H and O–H groups in total. The number of hydrogen-bond acceptors (Lipinski definition) is 11. The summed E-state index contributed by atoms with van der Waals surface area (Å²) in [5.74, 6) is -3.31. The van der Waals surface area contributed by atoms with Crippen molar-refractivity contribution in [1.29, 1.82) is 0 Å². The van der Waals surface area contributed by atoms with Crippen LogP contribution in [0.1, 0.15) is 85.0 Å². The van der Waals surface area contributed by atoms with Crippen LogP contribution in [0.2, 0.25) is 0 Å². The third kappa shape index (κ3) is 9.18. The number of aromatic nitrogens is 1. The molecule has 4 fully saturated rings. The number of anilines is 1. The first-order chi connectivity index (χ1) is 29.5. The number of alkyl halides is 1. The fourth-order valence-corrected chi connectivity index (χ4v) is 11.6. The van der Waals surface area contributed by atoms with E-state index >= 15 is 4.39 Å². The Labute approximate surface area is 358 Å². The van der Waals surface area contributed by atoms with Crippen molar-refractivity contribution in [3.63, 3.8) is 0 Å². The van der Waals surface area contributed by atoms with E-state index in [0.717, 1.165) is 43.6 Å². The standard InChI is InChI=1S/C44H52FN6O8PS/c1-3-20-58-44(55)28(2)48-60(56,59-33-9-5-4-6-10-33)40(45)29-12-15-38-30(23-29)24-39(61-38)41(52)47-35-11-7-8-32-13-14-37(51(32)42(35)53)43(54)50-26-31(27-50)34-25-46-17-16-36(34)49-18-21-57-22-19-49/h4-6,9-10,12,15-17,23-25,28,31-32,35,37,40H,3,7-8,11,13-14,18-22,26-27H2,1-2H3,(H,47,52)(H,48,56)/t28-,32-,35-,37-,40+,60-/m0/s1. The molecule has 0 unspecified atom stereocenters. The van der Waals surface area contributed by atoms with E-state index in [2.05, 4.69) is 20.3 Å². The number of benzene rings is 2. The average molecular weight is 875 g/mol. The predicted molar refractivity (Wildman–Crippen MR) is 230 cm³/mol. The lowest BCUT2D eigenvalue weighted by molar-refractivity contribution is -0.148. The first kappa shape index (κ1) is 42.8. The number of hydrogen-bond donors (Lipinski definition) is 2. The van der Waals surface area contributed by atoms with E-state index in [1.807, 2.05) is 24.1 Å². The van der Waals surface area contributed by atoms with Gasteiger partial charge >= 0.3 is 13.5 Å². The van der Waals surface area contributed by atoms with Gasteiger partial charge in [-0.3, -0.25) is 28.7 Å². The van der Waals surface area contributed by atoms with Crippen LogP contribution in [0.4, 0.5) is 10.1 Å². The molecule has 0 bridgehead atoms. The zero-order chi connectivity index (χ0) is 42.7. The van der Waals surface area contributed by atoms with Gasteiger partial charge in [0.15, 0.2) is 0 Å². The maximum Gasteiger partial charge on any atom is 0.355 e. The second-order valence-corrected chi connectivity index (χ2v) is 19.4. The maximum absolute atomic E-state index is 16.5. The highest BCUT2D eigenvalue weighted by Crippen LogP contribution is 2.58. The first-order valence-corrected chi connectivity index (χ1v) is 23.7. The molecule has 8 rings (SSSR count). The fourth-order valence-electron chi connectivity index (χ4n) is 8.78. The summed E-state index contributed by atoms with van der Waals surface area (Å²) < 4.78 is 48.0. The smallest absolute Gasteiger partial charge is 0.355 e. The van der Waals surface area contributed by atoms with Crippen molar-refractivity contribution < 1.29 is 42.1 Å². The van der Waals surface area contributed by atoms with E-state index in [1.165, 1.54) is 30.4 Å². The van der Waals surface area contributed by atoms with E-state index in [1.54, 1.807) is 53.6 Å². The highest BCUT2D eigenvalue weighted by atomic mass is 32.1. The molecule has 4 aliphatic heterocycles. The SMILES string of the molecule is CCCOC(=O)[C@H](C)N[P@@](=O)(Oc1ccccc1)[C@@H](F)c1ccc2sc(C(=O)N[C@H]3CCC[C@H]4CC[C@@H](C(=O)N5CC(c6cnccc6N6CCOCC6)C5)N4C3=O)cc2c1. The van der Waals surface area contributed by atoms with Crippen LogP contribution in [0.25, 0.3) is 10.1 Å². The second kappa shape index (κ2) is 18.6. The van der Waals surface area contributed by atoms with Crippen molar-refractivity contribution in [3.05, 3.63) is 89.1 Å². The molecule has 0 saturated carbocycles. The molecule has 3 amide bonds. The van der Waals surface area contributed by atoms with Crippen LogP contribution in [0.3, 0.4) is 0 Å². The van der Waals surface area contributed by atoms with Gasteiger partial charge in [-0.2, -0.15) is 0 Å². The summed E-state index contributed by atoms with van der Waals surface area (Å²) in [6.45, 7) is 7.52. The number of morpholine rings is 1. The molecule has 2 aromatic heterocycles. The van der Waals surface area contributed by atoms with Gasteiger partial charge in [0.2, 0.25) is 17.7 Å². The Bertz CT molecular complexity index is 2290. The molecule has 4 saturated heterocycles. The summed E-state index contributed by atoms with van der Waals surface area (Å²) in [5.41, 5.74) is 2.28. The molecular weight excluding hydrogens is 823 g/mol. The number of rotatable bonds is 14. The second-order valence-electron chi connectivity index (χ2n) is 16.2. The lowest BCUT2D eigenvalue weighted by Gasteiger charge is -2.44. The molecule has 0 radical (unpaired) electrons. The van der Waals surface area contributed by atoms with Crippen LogP contribution >= 0.6 is 18.9 Å². The number of carbonyl (C=O) groups excluding carboxylic acids is 4. The summed E-state index contributed by atoms with van der Waals surface area (Å²) in [6.07, 6.45) is 7.53. The van der Waals surface area contributed by atoms with Crippen molar-refractivity contribution >= 4 is 58.3 Å². The first-order valence-electron chi connectivity index (χ1n) is 21.2. The quantitative estimate of drug-likeness (QED) is 0.104. The molecule has 4 aliphatic rings. The van der Waals surface area contributed by atoms with Crippen molar-refractivity contribution in [2.45, 2.75) is 88.4 Å². The Morgan fingerprint density at radius 3 is 2.59 bits per heavy atom. The summed E-state index contributed by atoms with van der Waals surface area (Å²) in [4.78, 5) is 65.3. The summed E-state index contributed by atoms with van der Waals surface area (Å²) in [7, 11) is -4.44. The monoisotopic (exact) mass is 874 g/mol. The van der Waals surface area contributed by atoms with Crippen LogP contribution in [0, 0.1) is 0 Å². The zero-order valence-electron chi connectivity index (χ0n) is 34.4. The molecule has 61 heavy (non-hydrogen) atoms. The van der Waals surface area contributed by atoms with Gasteiger partial charge in [0.1, 0.15) is 23.9 Å². The van der Waals surface area contributed by atoms with E-state index < -0.39 is 43.4 Å². The molecule has 4 aromatic rings. The molecule has 6 atom stereocenters. The van der Waals surface area contributed by atoms with Crippen LogP contribution in [0.15, 0.2) is 73.1 Å². The predicted octanol–water partition coefficient (Wildman–Crippen LogP) is 6.57. The van der Waals surface area contributed by atoms with Crippen LogP contribution in [-0.2, 0) is 28.4 Å². The topological polar surface area (TPSA) is 160 Å². The minimum absolute atomic E-state index is 0.0272. The Hall–Kier alpha value is -4.89. The lowest BCUT2D eigenvalue weighted by atomic mass is 9.90. The Morgan fingerprint density at radius 1 is 1.03 bits per heavy atom. The van der Waals surface area contributed by atoms with Gasteiger partial charge in [-0.15, -0.1) is 11.3 Å². The third-order valence-electron chi connectivity index (χ3n) is 12.0. The van der Waals surface area contributed by atoms with Crippen molar-refractivity contribution in [2.75, 3.05) is 50.9 Å². The molecule has 324 valence electrons. The van der Waals surface area contributed by atoms with Gasteiger partial charge in [-0.1, -0.05) is 31.2 Å². The van der Waals surface area contributed by atoms with Crippen LogP contribution in [0.5, 0.6) is 5.75 Å². The molecule has 0 spiro atoms. The Balaban J connectivity index is 0.934. The number of carbonyl (C=O) groups is 4. The van der Waals surface area contributed by atoms with E-state index in [-0.39, 0.29) is 41.7 Å². The number of likely N-dealkylation sites (tertiary alicyclic amines) is 1. The number of fused-ring (bicyclic) bond motifs is 2. The number of nitrogens with one attached hydrogen (secondary N) is 2. The largest absolute Gasteiger partial charge is 0.465 e. The number of pyridine rings is 1. The van der Waals surface area contributed by atoms with Gasteiger partial charge in [0.05, 0.1) is 24.7 Å². The molecule has 17 heteroatoms. The minimum atomic E-state index is -4.44. The lowest BCUT2D eigenvalue weighted by Crippen LogP contribution is -2.58. The molecule has 0 aliphatic carbocycles. The normalized spacial score (nSPS) is 22.7. The average Bonchev–Trinajstić information content (AvgIpc) is 3.86. The van der Waals surface area contributed by atoms with Crippen LogP contribution < -0.4 is 19.8 Å². The van der Waals surface area contributed by atoms with Gasteiger partial charge in [0.25, 0.3) is 5.91 Å². The van der Waals surface area contributed by atoms with Crippen molar-refractivity contribution in [2.24, 2.45) is 0 Å². The maximum atomic E-state index is 16.5. The number of esters is 1. The van der Waals surface area contributed by atoms with Crippen molar-refractivity contribution in [1.82, 2.24) is 25.2 Å². The number of nitrogens with zero attached hydrogens (tertiary/aromatic N) is 4. The van der Waals surface area contributed by atoms with Gasteiger partial charge in [0, 0.05) is 66.5 Å². The summed E-state index contributed by atoms with van der Waals surface area (Å²) in [6, 6.07) is 13.8. The minimum Gasteiger partial charge on any atom is -0.465 e. The Kier molecular flexibility index (Phi) is 13.1. The molecule has 14 nitrogen and oxygen atoms in total. The highest BCUT2D eigenvalue weighted by Gasteiger charge is 2.48. The zero-order valence-corrected chi connectivity index (χ0v) is 36.1. The van der Waals surface area contributed by atoms with Gasteiger partial charge in [-0.25, -0.2) is 9.48 Å². The number of para-hydroxylation sites is 1. The van der Waals surface area contributed by atoms with Crippen molar-refractivity contribution in [3.8, 4) is 5.75 Å². The highest BCUT2D eigenvalue weighted by molar-refractivity contribution is 7.57. The van der Waals surface area contributed by atoms with Crippen LogP contribution in [-0.4, -0.2) is 109 Å². The van der Waals surface area contributed by atoms with E-state index in [4.69, 9.17) is 14.0 Å². The van der Waals surface area contributed by atoms with Gasteiger partial charge in [-0.05, 0) is 92.8 Å². The number of thiophene rings is 1. The number of halogens is 1. The Morgan fingerprint density at radius 2 is 1.82 bits per heavy atom. The third-order valence-corrected chi connectivity index (χ3v) is 15.2. The summed E-state index contributed by atoms with van der Waals surface area (Å²) >= 11 is 1.19. The van der Waals surface area contributed by atoms with Gasteiger partial charge < -0.3 is 34.0 Å². The number of ether oxygens (including phenoxy) is 2. The fraction of sp³-hybridized carbons (Fsp3) is 0.477.